The molecule has 0 bridgehead atoms. The molecule has 2 heteroatoms. The van der Waals surface area contributed by atoms with Crippen LogP contribution in [0.2, 0.25) is 0 Å². The fourth-order valence-electron chi connectivity index (χ4n) is 2.89. The first-order chi connectivity index (χ1) is 10.3. The number of hydrogen-bond donors (Lipinski definition) is 0. The topological polar surface area (TPSA) is 0 Å². The number of unbranched alkanes of at least 4 members (excludes halogenated alkanes) is 4. The fraction of sp³-hybridized carbons (Fsp3) is 0.400. The predicted octanol–water partition coefficient (Wildman–Crippen LogP) is 5.88. The molecule has 2 aromatic carbocycles. The Morgan fingerprint density at radius 2 is 1.18 bits per heavy atom. The molecule has 0 saturated carbocycles. The molecule has 2 rings (SSSR count). The summed E-state index contributed by atoms with van der Waals surface area (Å²) in [4.78, 5) is 0. The molecule has 117 valence electrons. The van der Waals surface area contributed by atoms with Crippen LogP contribution in [-0.2, 0) is 3.43 Å². The van der Waals surface area contributed by atoms with Crippen molar-refractivity contribution >= 4 is 34.9 Å². The van der Waals surface area contributed by atoms with E-state index in [0.717, 1.165) is 0 Å². The Hall–Kier alpha value is -0.471. The molecule has 2 aromatic rings. The van der Waals surface area contributed by atoms with Crippen LogP contribution in [0, 0.1) is 0 Å². The number of rotatable bonds is 8. The molecule has 0 fully saturated rings. The zero-order valence-electron chi connectivity index (χ0n) is 13.4. The van der Waals surface area contributed by atoms with Crippen molar-refractivity contribution in [2.45, 2.75) is 48.9 Å². The van der Waals surface area contributed by atoms with E-state index in [1.807, 2.05) is 0 Å². The molecule has 22 heavy (non-hydrogen) atoms. The molecule has 0 aliphatic carbocycles. The van der Waals surface area contributed by atoms with Crippen molar-refractivity contribution in [1.29, 1.82) is 0 Å². The third kappa shape index (κ3) is 5.31. The Balaban J connectivity index is 0.00000242. The zero-order valence-corrected chi connectivity index (χ0v) is 17.1. The van der Waals surface area contributed by atoms with E-state index in [0.29, 0.717) is 0 Å². The third-order valence-electron chi connectivity index (χ3n) is 4.19. The van der Waals surface area contributed by atoms with Gasteiger partial charge in [0.1, 0.15) is 0 Å². The molecule has 0 heterocycles. The van der Waals surface area contributed by atoms with Crippen molar-refractivity contribution in [2.24, 2.45) is 0 Å². The third-order valence-corrected chi connectivity index (χ3v) is 6.55. The van der Waals surface area contributed by atoms with E-state index in [1.165, 1.54) is 49.7 Å². The normalized spacial score (nSPS) is 11.0. The van der Waals surface area contributed by atoms with Crippen LogP contribution in [0.1, 0.15) is 56.6 Å². The second kappa shape index (κ2) is 10.3. The molecule has 0 aliphatic rings. The minimum atomic E-state index is 0. The van der Waals surface area contributed by atoms with Crippen molar-refractivity contribution in [2.75, 3.05) is 0 Å². The molecular weight excluding hydrogens is 394 g/mol. The van der Waals surface area contributed by atoms with Crippen LogP contribution in [0.15, 0.2) is 60.7 Å². The first-order valence-electron chi connectivity index (χ1n) is 8.13. The second-order valence-corrected chi connectivity index (χ2v) is 8.24. The van der Waals surface area contributed by atoms with E-state index < -0.39 is 0 Å². The summed E-state index contributed by atoms with van der Waals surface area (Å²) in [5.41, 5.74) is 2.95. The molecule has 0 aromatic heterocycles. The van der Waals surface area contributed by atoms with Crippen LogP contribution in [0.5, 0.6) is 0 Å². The number of halogens is 1. The van der Waals surface area contributed by atoms with Crippen LogP contribution in [-0.4, -0.2) is 22.5 Å². The predicted molar refractivity (Wildman–Crippen MR) is 100 cm³/mol. The summed E-state index contributed by atoms with van der Waals surface area (Å²) in [6.45, 7) is 2.28. The van der Waals surface area contributed by atoms with E-state index >= 15 is 0 Å². The Labute approximate surface area is 155 Å². The molecule has 0 N–H and O–H groups in total. The molecule has 3 radical (unpaired) electrons. The molecule has 0 aliphatic heterocycles. The van der Waals surface area contributed by atoms with Crippen LogP contribution in [0.25, 0.3) is 0 Å². The van der Waals surface area contributed by atoms with E-state index in [1.54, 1.807) is 22.5 Å². The largest absolute Gasteiger partial charge is 0.147 e. The molecule has 0 atom stereocenters. The number of benzene rings is 2. The molecular formula is C20H26ClSn. The summed E-state index contributed by atoms with van der Waals surface area (Å²) in [5.74, 6) is 0. The van der Waals surface area contributed by atoms with Crippen molar-refractivity contribution in [3.8, 4) is 0 Å². The smallest absolute Gasteiger partial charge is 0.147 e. The average Bonchev–Trinajstić information content (AvgIpc) is 2.56. The van der Waals surface area contributed by atoms with Crippen LogP contribution >= 0.6 is 12.4 Å². The van der Waals surface area contributed by atoms with Gasteiger partial charge in [-0.05, 0) is 0 Å². The SMILES string of the molecule is CCCCCCC[C]([Sn])(c1ccccc1)c1ccccc1.Cl. The Kier molecular flexibility index (Phi) is 9.19. The maximum atomic E-state index is 2.30. The van der Waals surface area contributed by atoms with E-state index in [-0.39, 0.29) is 15.8 Å². The molecule has 0 nitrogen and oxygen atoms in total. The minimum absolute atomic E-state index is 0. The average molecular weight is 421 g/mol. The monoisotopic (exact) mass is 421 g/mol. The molecule has 0 amide bonds. The van der Waals surface area contributed by atoms with Gasteiger partial charge < -0.3 is 0 Å². The molecule has 0 spiro atoms. The van der Waals surface area contributed by atoms with Gasteiger partial charge in [-0.1, -0.05) is 0 Å². The molecule has 0 saturated heterocycles. The maximum Gasteiger partial charge on any atom is -0.147 e. The summed E-state index contributed by atoms with van der Waals surface area (Å²) in [6.07, 6.45) is 8.04. The minimum Gasteiger partial charge on any atom is -0.147 e. The van der Waals surface area contributed by atoms with Gasteiger partial charge in [0, 0.05) is 0 Å². The quantitative estimate of drug-likeness (QED) is 0.369. The van der Waals surface area contributed by atoms with Gasteiger partial charge in [0.15, 0.2) is 0 Å². The van der Waals surface area contributed by atoms with Gasteiger partial charge in [0.2, 0.25) is 0 Å². The summed E-state index contributed by atoms with van der Waals surface area (Å²) in [6, 6.07) is 22.1. The van der Waals surface area contributed by atoms with E-state index in [9.17, 15) is 0 Å². The summed E-state index contributed by atoms with van der Waals surface area (Å²) < 4.78 is 0.224. The van der Waals surface area contributed by atoms with E-state index in [4.69, 9.17) is 0 Å². The van der Waals surface area contributed by atoms with Crippen molar-refractivity contribution in [3.05, 3.63) is 71.8 Å². The fourth-order valence-corrected chi connectivity index (χ4v) is 4.35. The van der Waals surface area contributed by atoms with Crippen molar-refractivity contribution in [1.82, 2.24) is 0 Å². The number of hydrogen-bond acceptors (Lipinski definition) is 0. The van der Waals surface area contributed by atoms with Crippen molar-refractivity contribution < 1.29 is 0 Å². The van der Waals surface area contributed by atoms with Gasteiger partial charge in [-0.25, -0.2) is 0 Å². The molecule has 0 unspecified atom stereocenters. The summed E-state index contributed by atoms with van der Waals surface area (Å²) in [5, 5.41) is 0. The maximum absolute atomic E-state index is 2.30. The Bertz CT molecular complexity index is 470. The zero-order chi connectivity index (χ0) is 15.0. The van der Waals surface area contributed by atoms with Gasteiger partial charge in [-0.3, -0.25) is 0 Å². The van der Waals surface area contributed by atoms with Gasteiger partial charge in [-0.15, -0.1) is 12.4 Å². The first-order valence-corrected chi connectivity index (χ1v) is 9.56. The first kappa shape index (κ1) is 19.6. The van der Waals surface area contributed by atoms with E-state index in [2.05, 4.69) is 67.6 Å². The summed E-state index contributed by atoms with van der Waals surface area (Å²) in [7, 11) is 0. The van der Waals surface area contributed by atoms with Gasteiger partial charge >= 0.3 is 143 Å². The van der Waals surface area contributed by atoms with Crippen LogP contribution in [0.3, 0.4) is 0 Å². The standard InChI is InChI=1S/C20H25.ClH.Sn/c1-2-3-4-5-12-17-20(18-13-8-6-9-14-18)19-15-10-7-11-16-19;;/h6-11,13-16H,2-5,12,17H2,1H3;1H;. The Morgan fingerprint density at radius 3 is 1.64 bits per heavy atom. The summed E-state index contributed by atoms with van der Waals surface area (Å²) >= 11 is 1.60. The van der Waals surface area contributed by atoms with Crippen molar-refractivity contribution in [3.63, 3.8) is 0 Å². The van der Waals surface area contributed by atoms with Gasteiger partial charge in [-0.2, -0.15) is 0 Å². The van der Waals surface area contributed by atoms with Crippen LogP contribution < -0.4 is 0 Å². The Morgan fingerprint density at radius 1 is 0.727 bits per heavy atom. The second-order valence-electron chi connectivity index (χ2n) is 5.80. The van der Waals surface area contributed by atoms with Gasteiger partial charge in [0.05, 0.1) is 0 Å². The van der Waals surface area contributed by atoms with Gasteiger partial charge in [0.25, 0.3) is 0 Å². The van der Waals surface area contributed by atoms with Crippen LogP contribution in [0.4, 0.5) is 0 Å².